The van der Waals surface area contributed by atoms with E-state index in [0.29, 0.717) is 11.6 Å². The first kappa shape index (κ1) is 24.0. The van der Waals surface area contributed by atoms with Gasteiger partial charge in [0.25, 0.3) is 5.91 Å². The molecule has 1 saturated carbocycles. The molecule has 0 bridgehead atoms. The van der Waals surface area contributed by atoms with Gasteiger partial charge in [0.1, 0.15) is 5.75 Å². The molecule has 0 atom stereocenters. The molecule has 0 saturated heterocycles. The maximum Gasteiger partial charge on any atom is 0.307 e. The number of carbonyl (C=O) groups excluding carboxylic acids is 2. The Morgan fingerprint density at radius 1 is 1.16 bits per heavy atom. The predicted octanol–water partition coefficient (Wildman–Crippen LogP) is 2.75. The number of esters is 1. The molecule has 1 aliphatic rings. The predicted molar refractivity (Wildman–Crippen MR) is 119 cm³/mol. The number of halogens is 1. The van der Waals surface area contributed by atoms with Gasteiger partial charge in [0, 0.05) is 24.2 Å². The molecule has 0 aliphatic heterocycles. The van der Waals surface area contributed by atoms with Crippen LogP contribution in [0.25, 0.3) is 0 Å². The Hall–Kier alpha value is -2.62. The van der Waals surface area contributed by atoms with Crippen LogP contribution < -0.4 is 9.46 Å². The molecule has 2 aromatic carbocycles. The number of ether oxygens (including phenoxy) is 2. The average Bonchev–Trinajstić information content (AvgIpc) is 3.61. The molecule has 1 N–H and O–H groups in total. The smallest absolute Gasteiger partial charge is 0.307 e. The first-order chi connectivity index (χ1) is 15.3. The summed E-state index contributed by atoms with van der Waals surface area (Å²) in [6.45, 7) is -0.114. The Labute approximate surface area is 192 Å². The number of hydrogen-bond acceptors (Lipinski definition) is 6. The monoisotopic (exact) mass is 480 g/mol. The average molecular weight is 481 g/mol. The molecule has 1 amide bonds. The molecular weight excluding hydrogens is 456 g/mol. The van der Waals surface area contributed by atoms with Crippen LogP contribution in [0.3, 0.4) is 0 Å². The molecule has 1 fully saturated rings. The summed E-state index contributed by atoms with van der Waals surface area (Å²) in [5.41, 5.74) is 0.952. The van der Waals surface area contributed by atoms with Gasteiger partial charge < -0.3 is 14.4 Å². The van der Waals surface area contributed by atoms with Crippen molar-refractivity contribution in [2.75, 3.05) is 20.3 Å². The first-order valence-electron chi connectivity index (χ1n) is 10.1. The van der Waals surface area contributed by atoms with Crippen molar-refractivity contribution < 1.29 is 27.5 Å². The van der Waals surface area contributed by atoms with E-state index >= 15 is 0 Å². The molecule has 1 aliphatic carbocycles. The highest BCUT2D eigenvalue weighted by Gasteiger charge is 2.33. The third kappa shape index (κ3) is 6.94. The zero-order valence-electron chi connectivity index (χ0n) is 17.6. The van der Waals surface area contributed by atoms with Crippen LogP contribution >= 0.6 is 11.6 Å². The van der Waals surface area contributed by atoms with Crippen LogP contribution in [0.1, 0.15) is 24.8 Å². The maximum atomic E-state index is 12.6. The highest BCUT2D eigenvalue weighted by atomic mass is 35.5. The van der Waals surface area contributed by atoms with E-state index in [1.165, 1.54) is 18.2 Å². The number of hydrogen-bond donors (Lipinski definition) is 1. The third-order valence-electron chi connectivity index (χ3n) is 4.90. The summed E-state index contributed by atoms with van der Waals surface area (Å²) in [7, 11) is -2.20. The van der Waals surface area contributed by atoms with Gasteiger partial charge in [-0.15, -0.1) is 0 Å². The van der Waals surface area contributed by atoms with E-state index < -0.39 is 16.0 Å². The molecule has 3 rings (SSSR count). The quantitative estimate of drug-likeness (QED) is 0.496. The molecular formula is C22H25ClN2O6S. The Kier molecular flexibility index (Phi) is 8.11. The van der Waals surface area contributed by atoms with Gasteiger partial charge in [-0.3, -0.25) is 9.59 Å². The number of carbonyl (C=O) groups is 2. The first-order valence-corrected chi connectivity index (χ1v) is 12.0. The lowest BCUT2D eigenvalue weighted by Crippen LogP contribution is -2.36. The van der Waals surface area contributed by atoms with Gasteiger partial charge in [0.15, 0.2) is 6.61 Å². The van der Waals surface area contributed by atoms with Crippen LogP contribution in [0.4, 0.5) is 0 Å². The van der Waals surface area contributed by atoms with Crippen molar-refractivity contribution in [1.29, 1.82) is 0 Å². The molecule has 0 unspecified atom stereocenters. The SMILES string of the molecule is COc1ccc(CN(C(=O)COC(=O)CCNS(=O)(=O)c2cccc(Cl)c2)C2CC2)cc1. The summed E-state index contributed by atoms with van der Waals surface area (Å²) in [4.78, 5) is 26.3. The number of nitrogens with one attached hydrogen (secondary N) is 1. The minimum absolute atomic E-state index is 0.00662. The fourth-order valence-electron chi connectivity index (χ4n) is 3.04. The van der Waals surface area contributed by atoms with Gasteiger partial charge >= 0.3 is 5.97 Å². The van der Waals surface area contributed by atoms with Gasteiger partial charge in [-0.05, 0) is 48.7 Å². The summed E-state index contributed by atoms with van der Waals surface area (Å²) in [6.07, 6.45) is 1.64. The molecule has 2 aromatic rings. The van der Waals surface area contributed by atoms with Crippen LogP contribution in [-0.2, 0) is 30.9 Å². The normalized spacial score (nSPS) is 13.4. The van der Waals surface area contributed by atoms with Gasteiger partial charge in [-0.1, -0.05) is 29.8 Å². The lowest BCUT2D eigenvalue weighted by Gasteiger charge is -2.22. The minimum atomic E-state index is -3.79. The van der Waals surface area contributed by atoms with Crippen molar-refractivity contribution in [2.24, 2.45) is 0 Å². The van der Waals surface area contributed by atoms with Crippen LogP contribution in [0.2, 0.25) is 5.02 Å². The number of rotatable bonds is 11. The number of methoxy groups -OCH3 is 1. The van der Waals surface area contributed by atoms with Gasteiger partial charge in [-0.2, -0.15) is 0 Å². The van der Waals surface area contributed by atoms with Crippen LogP contribution in [-0.4, -0.2) is 51.5 Å². The summed E-state index contributed by atoms with van der Waals surface area (Å²) in [6, 6.07) is 13.4. The molecule has 32 heavy (non-hydrogen) atoms. The van der Waals surface area contributed by atoms with Crippen molar-refractivity contribution in [3.63, 3.8) is 0 Å². The summed E-state index contributed by atoms with van der Waals surface area (Å²) >= 11 is 5.82. The van der Waals surface area contributed by atoms with Gasteiger partial charge in [0.2, 0.25) is 10.0 Å². The minimum Gasteiger partial charge on any atom is -0.497 e. The van der Waals surface area contributed by atoms with Gasteiger partial charge in [-0.25, -0.2) is 13.1 Å². The van der Waals surface area contributed by atoms with Crippen molar-refractivity contribution in [2.45, 2.75) is 36.7 Å². The molecule has 8 nitrogen and oxygen atoms in total. The zero-order chi connectivity index (χ0) is 23.1. The number of sulfonamides is 1. The zero-order valence-corrected chi connectivity index (χ0v) is 19.2. The molecule has 0 aromatic heterocycles. The standard InChI is InChI=1S/C22H25ClN2O6S/c1-30-19-9-5-16(6-10-19)14-25(18-7-8-18)21(26)15-31-22(27)11-12-24-32(28,29)20-4-2-3-17(23)13-20/h2-6,9-10,13,18,24H,7-8,11-12,14-15H2,1H3. The van der Waals surface area contributed by atoms with Crippen LogP contribution in [0, 0.1) is 0 Å². The number of benzene rings is 2. The fourth-order valence-corrected chi connectivity index (χ4v) is 4.37. The highest BCUT2D eigenvalue weighted by molar-refractivity contribution is 7.89. The summed E-state index contributed by atoms with van der Waals surface area (Å²) < 4.78 is 37.0. The summed E-state index contributed by atoms with van der Waals surface area (Å²) in [5, 5.41) is 0.292. The van der Waals surface area contributed by atoms with E-state index in [2.05, 4.69) is 4.72 Å². The van der Waals surface area contributed by atoms with Crippen molar-refractivity contribution in [3.05, 3.63) is 59.1 Å². The van der Waals surface area contributed by atoms with Crippen LogP contribution in [0.15, 0.2) is 53.4 Å². The number of nitrogens with zero attached hydrogens (tertiary/aromatic N) is 1. The Bertz CT molecular complexity index is 1050. The van der Waals surface area contributed by atoms with E-state index in [-0.39, 0.29) is 36.4 Å². The second-order valence-electron chi connectivity index (χ2n) is 7.37. The van der Waals surface area contributed by atoms with E-state index in [4.69, 9.17) is 21.1 Å². The Balaban J connectivity index is 1.45. The third-order valence-corrected chi connectivity index (χ3v) is 6.60. The topological polar surface area (TPSA) is 102 Å². The van der Waals surface area contributed by atoms with Crippen molar-refractivity contribution in [1.82, 2.24) is 9.62 Å². The van der Waals surface area contributed by atoms with E-state index in [1.54, 1.807) is 18.1 Å². The maximum absolute atomic E-state index is 12.6. The summed E-state index contributed by atoms with van der Waals surface area (Å²) in [5.74, 6) is -0.207. The molecule has 172 valence electrons. The van der Waals surface area contributed by atoms with E-state index in [0.717, 1.165) is 24.2 Å². The van der Waals surface area contributed by atoms with E-state index in [1.807, 2.05) is 24.3 Å². The Morgan fingerprint density at radius 3 is 2.50 bits per heavy atom. The second kappa shape index (κ2) is 10.8. The number of amides is 1. The Morgan fingerprint density at radius 2 is 1.88 bits per heavy atom. The van der Waals surface area contributed by atoms with Gasteiger partial charge in [0.05, 0.1) is 18.4 Å². The second-order valence-corrected chi connectivity index (χ2v) is 9.57. The fraction of sp³-hybridized carbons (Fsp3) is 0.364. The van der Waals surface area contributed by atoms with Crippen LogP contribution in [0.5, 0.6) is 5.75 Å². The molecule has 0 spiro atoms. The lowest BCUT2D eigenvalue weighted by atomic mass is 10.2. The lowest BCUT2D eigenvalue weighted by molar-refractivity contribution is -0.152. The largest absolute Gasteiger partial charge is 0.497 e. The van der Waals surface area contributed by atoms with Crippen molar-refractivity contribution in [3.8, 4) is 5.75 Å². The molecule has 0 heterocycles. The highest BCUT2D eigenvalue weighted by Crippen LogP contribution is 2.29. The van der Waals surface area contributed by atoms with Crippen molar-refractivity contribution >= 4 is 33.5 Å². The molecule has 10 heteroatoms. The molecule has 0 radical (unpaired) electrons. The van der Waals surface area contributed by atoms with E-state index in [9.17, 15) is 18.0 Å².